The van der Waals surface area contributed by atoms with Crippen LogP contribution < -0.4 is 10.5 Å². The van der Waals surface area contributed by atoms with Crippen LogP contribution in [-0.2, 0) is 0 Å². The van der Waals surface area contributed by atoms with E-state index in [2.05, 4.69) is 15.9 Å². The van der Waals surface area contributed by atoms with E-state index in [9.17, 15) is 4.39 Å². The molecule has 1 aromatic carbocycles. The predicted molar refractivity (Wildman–Crippen MR) is 58.8 cm³/mol. The molecule has 0 radical (unpaired) electrons. The molecular weight excluding hydrogens is 249 g/mol. The third-order valence-corrected chi connectivity index (χ3v) is 2.23. The smallest absolute Gasteiger partial charge is 0.143 e. The molecule has 1 rings (SSSR count). The van der Waals surface area contributed by atoms with Crippen LogP contribution in [0, 0.1) is 11.7 Å². The number of nitrogen functional groups attached to an aromatic ring is 1. The number of benzene rings is 1. The average Bonchev–Trinajstić information content (AvgIpc) is 2.09. The number of nitrogens with two attached hydrogens (primary N) is 1. The van der Waals surface area contributed by atoms with E-state index in [1.807, 2.05) is 13.8 Å². The maximum Gasteiger partial charge on any atom is 0.143 e. The van der Waals surface area contributed by atoms with Crippen molar-refractivity contribution in [1.82, 2.24) is 0 Å². The Hall–Kier alpha value is -0.770. The number of anilines is 1. The second-order valence-electron chi connectivity index (χ2n) is 3.51. The first-order valence-corrected chi connectivity index (χ1v) is 5.17. The molecule has 0 aliphatic carbocycles. The van der Waals surface area contributed by atoms with Gasteiger partial charge in [0.25, 0.3) is 0 Å². The minimum absolute atomic E-state index is 0.325. The highest BCUT2D eigenvalue weighted by Gasteiger charge is 2.07. The molecule has 1 aromatic rings. The zero-order chi connectivity index (χ0) is 10.7. The molecule has 0 saturated heterocycles. The first-order valence-electron chi connectivity index (χ1n) is 4.38. The summed E-state index contributed by atoms with van der Waals surface area (Å²) >= 11 is 3.08. The lowest BCUT2D eigenvalue weighted by Crippen LogP contribution is -2.06. The Morgan fingerprint density at radius 2 is 2.14 bits per heavy atom. The van der Waals surface area contributed by atoms with Gasteiger partial charge < -0.3 is 10.5 Å². The molecule has 0 heterocycles. The normalized spacial score (nSPS) is 10.6. The highest BCUT2D eigenvalue weighted by Crippen LogP contribution is 2.28. The molecule has 0 saturated carbocycles. The molecule has 14 heavy (non-hydrogen) atoms. The first-order chi connectivity index (χ1) is 6.50. The van der Waals surface area contributed by atoms with Gasteiger partial charge in [-0.1, -0.05) is 13.8 Å². The molecule has 2 nitrogen and oxygen atoms in total. The zero-order valence-electron chi connectivity index (χ0n) is 8.18. The molecule has 0 aliphatic rings. The van der Waals surface area contributed by atoms with E-state index in [4.69, 9.17) is 10.5 Å². The predicted octanol–water partition coefficient (Wildman–Crippen LogP) is 3.21. The lowest BCUT2D eigenvalue weighted by atomic mass is 10.2. The number of halogens is 2. The second kappa shape index (κ2) is 4.64. The lowest BCUT2D eigenvalue weighted by Gasteiger charge is -2.11. The van der Waals surface area contributed by atoms with Crippen LogP contribution in [0.4, 0.5) is 10.1 Å². The minimum Gasteiger partial charge on any atom is -0.491 e. The van der Waals surface area contributed by atoms with Gasteiger partial charge in [-0.25, -0.2) is 4.39 Å². The third-order valence-electron chi connectivity index (χ3n) is 1.62. The highest BCUT2D eigenvalue weighted by atomic mass is 79.9. The fourth-order valence-electron chi connectivity index (χ4n) is 0.925. The quantitative estimate of drug-likeness (QED) is 0.849. The molecule has 0 fully saturated rings. The summed E-state index contributed by atoms with van der Waals surface area (Å²) in [6.45, 7) is 4.64. The van der Waals surface area contributed by atoms with Gasteiger partial charge in [0, 0.05) is 6.07 Å². The first kappa shape index (κ1) is 11.3. The van der Waals surface area contributed by atoms with E-state index in [1.54, 1.807) is 6.07 Å². The monoisotopic (exact) mass is 261 g/mol. The van der Waals surface area contributed by atoms with Crippen molar-refractivity contribution in [2.75, 3.05) is 12.3 Å². The Bertz CT molecular complexity index is 328. The fraction of sp³-hybridized carbons (Fsp3) is 0.400. The van der Waals surface area contributed by atoms with E-state index in [1.165, 1.54) is 6.07 Å². The van der Waals surface area contributed by atoms with Gasteiger partial charge in [-0.15, -0.1) is 0 Å². The summed E-state index contributed by atoms with van der Waals surface area (Å²) in [5.74, 6) is 0.560. The molecule has 0 bridgehead atoms. The minimum atomic E-state index is -0.376. The zero-order valence-corrected chi connectivity index (χ0v) is 9.77. The van der Waals surface area contributed by atoms with E-state index >= 15 is 0 Å². The molecule has 0 aliphatic heterocycles. The highest BCUT2D eigenvalue weighted by molar-refractivity contribution is 9.10. The number of hydrogen-bond acceptors (Lipinski definition) is 2. The summed E-state index contributed by atoms with van der Waals surface area (Å²) in [5.41, 5.74) is 5.92. The van der Waals surface area contributed by atoms with Crippen molar-refractivity contribution in [3.8, 4) is 5.75 Å². The maximum absolute atomic E-state index is 13.0. The maximum atomic E-state index is 13.0. The Morgan fingerprint density at radius 3 is 2.71 bits per heavy atom. The van der Waals surface area contributed by atoms with Crippen LogP contribution in [0.5, 0.6) is 5.75 Å². The van der Waals surface area contributed by atoms with E-state index < -0.39 is 0 Å². The van der Waals surface area contributed by atoms with Crippen molar-refractivity contribution in [2.45, 2.75) is 13.8 Å². The summed E-state index contributed by atoms with van der Waals surface area (Å²) in [7, 11) is 0. The Balaban J connectivity index is 2.82. The molecule has 78 valence electrons. The van der Waals surface area contributed by atoms with Gasteiger partial charge in [0.15, 0.2) is 0 Å². The van der Waals surface area contributed by atoms with Crippen LogP contribution in [0.1, 0.15) is 13.8 Å². The van der Waals surface area contributed by atoms with Gasteiger partial charge in [0.05, 0.1) is 16.8 Å². The fourth-order valence-corrected chi connectivity index (χ4v) is 1.25. The van der Waals surface area contributed by atoms with E-state index in [0.717, 1.165) is 0 Å². The lowest BCUT2D eigenvalue weighted by molar-refractivity contribution is 0.272. The van der Waals surface area contributed by atoms with Crippen molar-refractivity contribution in [2.24, 2.45) is 5.92 Å². The molecule has 0 spiro atoms. The molecule has 2 N–H and O–H groups in total. The van der Waals surface area contributed by atoms with Crippen molar-refractivity contribution in [3.63, 3.8) is 0 Å². The third kappa shape index (κ3) is 2.87. The average molecular weight is 262 g/mol. The Labute approximate surface area is 91.4 Å². The second-order valence-corrected chi connectivity index (χ2v) is 4.36. The molecule has 0 amide bonds. The number of ether oxygens (including phenoxy) is 1. The largest absolute Gasteiger partial charge is 0.491 e. The summed E-state index contributed by atoms with van der Waals surface area (Å²) in [6.07, 6.45) is 0. The molecule has 4 heteroatoms. The SMILES string of the molecule is CC(C)COc1cc(Br)c(F)cc1N. The van der Waals surface area contributed by atoms with Crippen molar-refractivity contribution < 1.29 is 9.13 Å². The summed E-state index contributed by atoms with van der Waals surface area (Å²) in [5, 5.41) is 0. The molecule has 0 atom stereocenters. The van der Waals surface area contributed by atoms with Crippen LogP contribution in [0.2, 0.25) is 0 Å². The molecule has 0 aromatic heterocycles. The van der Waals surface area contributed by atoms with Crippen molar-refractivity contribution in [1.29, 1.82) is 0 Å². The van der Waals surface area contributed by atoms with Crippen LogP contribution in [0.25, 0.3) is 0 Å². The number of rotatable bonds is 3. The number of hydrogen-bond donors (Lipinski definition) is 1. The van der Waals surface area contributed by atoms with Gasteiger partial charge in [-0.2, -0.15) is 0 Å². The Morgan fingerprint density at radius 1 is 1.50 bits per heavy atom. The topological polar surface area (TPSA) is 35.2 Å². The van der Waals surface area contributed by atoms with Gasteiger partial charge in [-0.05, 0) is 27.9 Å². The molecule has 0 unspecified atom stereocenters. The molecular formula is C10H13BrFNO. The summed E-state index contributed by atoms with van der Waals surface area (Å²) in [6, 6.07) is 2.80. The van der Waals surface area contributed by atoms with E-state index in [-0.39, 0.29) is 5.82 Å². The van der Waals surface area contributed by atoms with E-state index in [0.29, 0.717) is 28.4 Å². The summed E-state index contributed by atoms with van der Waals surface area (Å²) in [4.78, 5) is 0. The van der Waals surface area contributed by atoms with Crippen LogP contribution >= 0.6 is 15.9 Å². The van der Waals surface area contributed by atoms with Crippen LogP contribution in [0.3, 0.4) is 0 Å². The standard InChI is InChI=1S/C10H13BrFNO/c1-6(2)5-14-10-3-7(11)8(12)4-9(10)13/h3-4,6H,5,13H2,1-2H3. The van der Waals surface area contributed by atoms with Gasteiger partial charge >= 0.3 is 0 Å². The summed E-state index contributed by atoms with van der Waals surface area (Å²) < 4.78 is 18.8. The van der Waals surface area contributed by atoms with Crippen LogP contribution in [0.15, 0.2) is 16.6 Å². The van der Waals surface area contributed by atoms with Gasteiger partial charge in [-0.3, -0.25) is 0 Å². The van der Waals surface area contributed by atoms with Gasteiger partial charge in [0.1, 0.15) is 11.6 Å². The Kier molecular flexibility index (Phi) is 3.75. The van der Waals surface area contributed by atoms with Gasteiger partial charge in [0.2, 0.25) is 0 Å². The van der Waals surface area contributed by atoms with Crippen molar-refractivity contribution >= 4 is 21.6 Å². The van der Waals surface area contributed by atoms with Crippen molar-refractivity contribution in [3.05, 3.63) is 22.4 Å². The van der Waals surface area contributed by atoms with Crippen LogP contribution in [-0.4, -0.2) is 6.61 Å².